The second kappa shape index (κ2) is 8.62. The number of halogens is 1. The fraction of sp³-hybridized carbons (Fsp3) is 0.111. The highest BCUT2D eigenvalue weighted by atomic mass is 35.5. The van der Waals surface area contributed by atoms with Crippen LogP contribution in [0, 0.1) is 11.3 Å². The summed E-state index contributed by atoms with van der Waals surface area (Å²) in [6.45, 7) is 0. The molecule has 0 unspecified atom stereocenters. The third-order valence-corrected chi connectivity index (χ3v) is 3.50. The van der Waals surface area contributed by atoms with E-state index in [-0.39, 0.29) is 5.57 Å². The fourth-order valence-corrected chi connectivity index (χ4v) is 2.07. The van der Waals surface area contributed by atoms with Crippen LogP contribution in [0.3, 0.4) is 0 Å². The van der Waals surface area contributed by atoms with Crippen molar-refractivity contribution in [1.82, 2.24) is 0 Å². The third-order valence-electron chi connectivity index (χ3n) is 3.25. The Bertz CT molecular complexity index is 826. The summed E-state index contributed by atoms with van der Waals surface area (Å²) >= 11 is 5.80. The molecule has 25 heavy (non-hydrogen) atoms. The minimum Gasteiger partial charge on any atom is -0.497 e. The van der Waals surface area contributed by atoms with Crippen molar-refractivity contribution < 1.29 is 14.3 Å². The number of methoxy groups -OCH3 is 2. The molecule has 6 nitrogen and oxygen atoms in total. The van der Waals surface area contributed by atoms with Crippen LogP contribution in [0.5, 0.6) is 11.5 Å². The molecular weight excluding hydrogens is 342 g/mol. The average molecular weight is 358 g/mol. The number of rotatable bonds is 6. The fourth-order valence-electron chi connectivity index (χ4n) is 1.95. The second-order valence-corrected chi connectivity index (χ2v) is 5.28. The summed E-state index contributed by atoms with van der Waals surface area (Å²) in [5.41, 5.74) is 1.04. The average Bonchev–Trinajstić information content (AvgIpc) is 2.64. The molecule has 0 atom stereocenters. The standard InChI is InChI=1S/C18H16ClN3O3/c1-24-15-7-8-16(17(9-15)25-2)21-11-12(10-20)18(23)22-14-5-3-13(19)4-6-14/h3-9,11,21H,1-2H3,(H,22,23)/b12-11-. The molecule has 0 saturated heterocycles. The van der Waals surface area contributed by atoms with Crippen LogP contribution in [0.2, 0.25) is 5.02 Å². The summed E-state index contributed by atoms with van der Waals surface area (Å²) in [5, 5.41) is 15.3. The van der Waals surface area contributed by atoms with Crippen molar-refractivity contribution in [3.63, 3.8) is 0 Å². The van der Waals surface area contributed by atoms with E-state index in [0.29, 0.717) is 27.9 Å². The Hall–Kier alpha value is -3.17. The zero-order valence-corrected chi connectivity index (χ0v) is 14.4. The van der Waals surface area contributed by atoms with Gasteiger partial charge in [-0.05, 0) is 36.4 Å². The van der Waals surface area contributed by atoms with Crippen LogP contribution in [0.4, 0.5) is 11.4 Å². The highest BCUT2D eigenvalue weighted by Crippen LogP contribution is 2.29. The van der Waals surface area contributed by atoms with Gasteiger partial charge >= 0.3 is 0 Å². The molecule has 128 valence electrons. The first kappa shape index (κ1) is 18.2. The molecule has 0 aliphatic rings. The van der Waals surface area contributed by atoms with Gasteiger partial charge in [-0.15, -0.1) is 0 Å². The molecule has 2 aromatic carbocycles. The predicted octanol–water partition coefficient (Wildman–Crippen LogP) is 3.82. The summed E-state index contributed by atoms with van der Waals surface area (Å²) in [6.07, 6.45) is 1.32. The van der Waals surface area contributed by atoms with Gasteiger partial charge in [-0.1, -0.05) is 11.6 Å². The SMILES string of the molecule is COc1ccc(N/C=C(/C#N)C(=O)Nc2ccc(Cl)cc2)c(OC)c1. The molecule has 0 aromatic heterocycles. The summed E-state index contributed by atoms with van der Waals surface area (Å²) in [4.78, 5) is 12.2. The first-order valence-corrected chi connectivity index (χ1v) is 7.61. The Kier molecular flexibility index (Phi) is 6.26. The van der Waals surface area contributed by atoms with Gasteiger partial charge in [0.15, 0.2) is 0 Å². The van der Waals surface area contributed by atoms with E-state index in [9.17, 15) is 10.1 Å². The second-order valence-electron chi connectivity index (χ2n) is 4.84. The van der Waals surface area contributed by atoms with Crippen LogP contribution < -0.4 is 20.1 Å². The van der Waals surface area contributed by atoms with Crippen molar-refractivity contribution in [2.75, 3.05) is 24.9 Å². The molecule has 2 N–H and O–H groups in total. The lowest BCUT2D eigenvalue weighted by molar-refractivity contribution is -0.112. The lowest BCUT2D eigenvalue weighted by atomic mass is 10.2. The number of nitriles is 1. The Morgan fingerprint density at radius 2 is 1.88 bits per heavy atom. The molecule has 0 aliphatic carbocycles. The number of benzene rings is 2. The number of ether oxygens (including phenoxy) is 2. The number of hydrogen-bond donors (Lipinski definition) is 2. The van der Waals surface area contributed by atoms with Gasteiger partial charge in [-0.3, -0.25) is 4.79 Å². The summed E-state index contributed by atoms with van der Waals surface area (Å²) in [6, 6.07) is 13.6. The van der Waals surface area contributed by atoms with Gasteiger partial charge in [0.1, 0.15) is 23.1 Å². The van der Waals surface area contributed by atoms with Crippen LogP contribution in [0.1, 0.15) is 0 Å². The van der Waals surface area contributed by atoms with E-state index in [4.69, 9.17) is 21.1 Å². The predicted molar refractivity (Wildman–Crippen MR) is 96.9 cm³/mol. The molecule has 0 fully saturated rings. The largest absolute Gasteiger partial charge is 0.497 e. The van der Waals surface area contributed by atoms with E-state index in [1.165, 1.54) is 13.3 Å². The van der Waals surface area contributed by atoms with Crippen LogP contribution in [0.15, 0.2) is 54.2 Å². The highest BCUT2D eigenvalue weighted by molar-refractivity contribution is 6.30. The number of carbonyl (C=O) groups excluding carboxylic acids is 1. The van der Waals surface area contributed by atoms with Gasteiger partial charge in [0.2, 0.25) is 0 Å². The Labute approximate surface area is 150 Å². The maximum atomic E-state index is 12.2. The van der Waals surface area contributed by atoms with Crippen LogP contribution in [-0.4, -0.2) is 20.1 Å². The van der Waals surface area contributed by atoms with Gasteiger partial charge in [0.05, 0.1) is 19.9 Å². The Morgan fingerprint density at radius 3 is 2.48 bits per heavy atom. The highest BCUT2D eigenvalue weighted by Gasteiger charge is 2.10. The molecular formula is C18H16ClN3O3. The number of amides is 1. The molecule has 0 heterocycles. The molecule has 1 amide bonds. The molecule has 0 spiro atoms. The van der Waals surface area contributed by atoms with E-state index in [0.717, 1.165) is 0 Å². The van der Waals surface area contributed by atoms with Crippen molar-refractivity contribution in [3.8, 4) is 17.6 Å². The minimum absolute atomic E-state index is 0.0900. The summed E-state index contributed by atoms with van der Waals surface area (Å²) in [5.74, 6) is 0.614. The van der Waals surface area contributed by atoms with E-state index >= 15 is 0 Å². The molecule has 0 radical (unpaired) electrons. The molecule has 0 aliphatic heterocycles. The van der Waals surface area contributed by atoms with Crippen LogP contribution >= 0.6 is 11.6 Å². The lowest BCUT2D eigenvalue weighted by Crippen LogP contribution is -2.14. The number of anilines is 2. The first-order chi connectivity index (χ1) is 12.1. The van der Waals surface area contributed by atoms with E-state index in [1.807, 2.05) is 6.07 Å². The van der Waals surface area contributed by atoms with Gasteiger partial charge in [-0.2, -0.15) is 5.26 Å². The zero-order chi connectivity index (χ0) is 18.2. The number of nitrogens with zero attached hydrogens (tertiary/aromatic N) is 1. The molecule has 0 bridgehead atoms. The lowest BCUT2D eigenvalue weighted by Gasteiger charge is -2.10. The molecule has 2 aromatic rings. The maximum absolute atomic E-state index is 12.2. The molecule has 7 heteroatoms. The third kappa shape index (κ3) is 4.90. The van der Waals surface area contributed by atoms with Gasteiger partial charge < -0.3 is 20.1 Å². The van der Waals surface area contributed by atoms with Crippen molar-refractivity contribution >= 4 is 28.9 Å². The van der Waals surface area contributed by atoms with Crippen molar-refractivity contribution in [2.24, 2.45) is 0 Å². The van der Waals surface area contributed by atoms with Crippen molar-refractivity contribution in [2.45, 2.75) is 0 Å². The molecule has 0 saturated carbocycles. The van der Waals surface area contributed by atoms with E-state index in [2.05, 4.69) is 10.6 Å². The minimum atomic E-state index is -0.537. The van der Waals surface area contributed by atoms with Crippen molar-refractivity contribution in [1.29, 1.82) is 5.26 Å². The van der Waals surface area contributed by atoms with E-state index in [1.54, 1.807) is 49.6 Å². The number of nitrogens with one attached hydrogen (secondary N) is 2. The number of carbonyl (C=O) groups is 1. The summed E-state index contributed by atoms with van der Waals surface area (Å²) in [7, 11) is 3.07. The quantitative estimate of drug-likeness (QED) is 0.606. The number of hydrogen-bond acceptors (Lipinski definition) is 5. The van der Waals surface area contributed by atoms with E-state index < -0.39 is 5.91 Å². The Balaban J connectivity index is 2.13. The summed E-state index contributed by atoms with van der Waals surface area (Å²) < 4.78 is 10.4. The molecule has 2 rings (SSSR count). The topological polar surface area (TPSA) is 83.4 Å². The Morgan fingerprint density at radius 1 is 1.16 bits per heavy atom. The zero-order valence-electron chi connectivity index (χ0n) is 13.7. The first-order valence-electron chi connectivity index (χ1n) is 7.23. The normalized spacial score (nSPS) is 10.6. The van der Waals surface area contributed by atoms with Crippen LogP contribution in [-0.2, 0) is 4.79 Å². The van der Waals surface area contributed by atoms with Crippen LogP contribution in [0.25, 0.3) is 0 Å². The smallest absolute Gasteiger partial charge is 0.267 e. The monoisotopic (exact) mass is 357 g/mol. The van der Waals surface area contributed by atoms with Gasteiger partial charge in [0.25, 0.3) is 5.91 Å². The maximum Gasteiger partial charge on any atom is 0.267 e. The van der Waals surface area contributed by atoms with Gasteiger partial charge in [0, 0.05) is 23.0 Å². The van der Waals surface area contributed by atoms with Gasteiger partial charge in [-0.25, -0.2) is 0 Å². The van der Waals surface area contributed by atoms with Crippen molar-refractivity contribution in [3.05, 3.63) is 59.3 Å².